The van der Waals surface area contributed by atoms with Crippen LogP contribution in [0.15, 0.2) is 49.1 Å². The molecule has 1 aliphatic rings. The number of fused-ring (bicyclic) bond motifs is 1. The zero-order chi connectivity index (χ0) is 15.4. The Hall–Kier alpha value is -1.84. The number of hydrogen-bond donors (Lipinski definition) is 1. The first-order valence-electron chi connectivity index (χ1n) is 8.07. The molecule has 0 saturated carbocycles. The zero-order valence-electron chi connectivity index (χ0n) is 13.2. The fourth-order valence-electron chi connectivity index (χ4n) is 3.27. The molecule has 0 bridgehead atoms. The molecular weight excluding hydrogens is 272 g/mol. The molecule has 0 spiro atoms. The average Bonchev–Trinajstić information content (AvgIpc) is 2.58. The Labute approximate surface area is 132 Å². The highest BCUT2D eigenvalue weighted by molar-refractivity contribution is 5.88. The summed E-state index contributed by atoms with van der Waals surface area (Å²) in [6, 6.07) is 13.0. The molecule has 116 valence electrons. The minimum atomic E-state index is 0.190. The topological polar surface area (TPSA) is 24.5 Å². The second kappa shape index (κ2) is 6.95. The minimum Gasteiger partial charge on any atom is -0.493 e. The van der Waals surface area contributed by atoms with E-state index < -0.39 is 0 Å². The third-order valence-corrected chi connectivity index (χ3v) is 4.29. The van der Waals surface area contributed by atoms with Gasteiger partial charge in [-0.05, 0) is 23.8 Å². The molecule has 22 heavy (non-hydrogen) atoms. The largest absolute Gasteiger partial charge is 0.493 e. The number of ether oxygens (including phenoxy) is 1. The molecule has 3 rings (SSSR count). The Balaban J connectivity index is 2.12. The maximum absolute atomic E-state index is 5.93. The van der Waals surface area contributed by atoms with E-state index in [2.05, 4.69) is 59.3 Å². The minimum absolute atomic E-state index is 0.190. The molecule has 0 aliphatic carbocycles. The summed E-state index contributed by atoms with van der Waals surface area (Å²) in [5.74, 6) is 0.977. The van der Waals surface area contributed by atoms with Crippen LogP contribution in [-0.2, 0) is 0 Å². The van der Waals surface area contributed by atoms with Gasteiger partial charge in [0, 0.05) is 31.7 Å². The molecule has 2 aromatic rings. The van der Waals surface area contributed by atoms with Crippen molar-refractivity contribution in [2.24, 2.45) is 0 Å². The molecule has 1 atom stereocenters. The van der Waals surface area contributed by atoms with Gasteiger partial charge in [-0.2, -0.15) is 0 Å². The summed E-state index contributed by atoms with van der Waals surface area (Å²) in [5, 5.41) is 5.93. The number of nitrogens with zero attached hydrogens (tertiary/aromatic N) is 1. The lowest BCUT2D eigenvalue weighted by molar-refractivity contribution is 0.200. The van der Waals surface area contributed by atoms with Crippen LogP contribution in [0.1, 0.15) is 18.5 Å². The molecule has 1 saturated heterocycles. The van der Waals surface area contributed by atoms with E-state index in [1.54, 1.807) is 0 Å². The van der Waals surface area contributed by atoms with Gasteiger partial charge in [-0.25, -0.2) is 0 Å². The number of hydrogen-bond acceptors (Lipinski definition) is 3. The van der Waals surface area contributed by atoms with E-state index in [0.29, 0.717) is 6.61 Å². The monoisotopic (exact) mass is 296 g/mol. The summed E-state index contributed by atoms with van der Waals surface area (Å²) < 4.78 is 5.93. The van der Waals surface area contributed by atoms with Gasteiger partial charge in [0.2, 0.25) is 0 Å². The van der Waals surface area contributed by atoms with Crippen molar-refractivity contribution in [2.75, 3.05) is 32.8 Å². The van der Waals surface area contributed by atoms with Crippen molar-refractivity contribution < 1.29 is 4.74 Å². The summed E-state index contributed by atoms with van der Waals surface area (Å²) in [6.45, 7) is 10.9. The van der Waals surface area contributed by atoms with E-state index >= 15 is 0 Å². The van der Waals surface area contributed by atoms with Gasteiger partial charge >= 0.3 is 0 Å². The van der Waals surface area contributed by atoms with E-state index in [9.17, 15) is 0 Å². The van der Waals surface area contributed by atoms with Crippen LogP contribution in [0.5, 0.6) is 5.75 Å². The molecule has 3 nitrogen and oxygen atoms in total. The van der Waals surface area contributed by atoms with Gasteiger partial charge in [0.25, 0.3) is 0 Å². The summed E-state index contributed by atoms with van der Waals surface area (Å²) >= 11 is 0. The lowest BCUT2D eigenvalue weighted by Gasteiger charge is -2.34. The lowest BCUT2D eigenvalue weighted by atomic mass is 9.96. The molecule has 1 N–H and O–H groups in total. The summed E-state index contributed by atoms with van der Waals surface area (Å²) in [7, 11) is 0. The Morgan fingerprint density at radius 2 is 2.00 bits per heavy atom. The fourth-order valence-corrected chi connectivity index (χ4v) is 3.27. The van der Waals surface area contributed by atoms with Gasteiger partial charge in [0.15, 0.2) is 0 Å². The first-order chi connectivity index (χ1) is 10.8. The van der Waals surface area contributed by atoms with Crippen LogP contribution in [0.2, 0.25) is 0 Å². The van der Waals surface area contributed by atoms with Crippen LogP contribution < -0.4 is 10.1 Å². The van der Waals surface area contributed by atoms with Gasteiger partial charge in [0.05, 0.1) is 12.6 Å². The zero-order valence-corrected chi connectivity index (χ0v) is 13.2. The average molecular weight is 296 g/mol. The highest BCUT2D eigenvalue weighted by Gasteiger charge is 2.24. The van der Waals surface area contributed by atoms with Crippen molar-refractivity contribution in [3.63, 3.8) is 0 Å². The Bertz CT molecular complexity index is 647. The van der Waals surface area contributed by atoms with Crippen LogP contribution in [0, 0.1) is 0 Å². The van der Waals surface area contributed by atoms with Crippen molar-refractivity contribution in [3.05, 3.63) is 54.6 Å². The second-order valence-corrected chi connectivity index (χ2v) is 5.60. The van der Waals surface area contributed by atoms with E-state index in [0.717, 1.165) is 31.9 Å². The molecule has 0 aromatic heterocycles. The summed E-state index contributed by atoms with van der Waals surface area (Å²) in [5.41, 5.74) is 1.25. The Kier molecular flexibility index (Phi) is 4.76. The fraction of sp³-hybridized carbons (Fsp3) is 0.368. The van der Waals surface area contributed by atoms with E-state index in [-0.39, 0.29) is 6.04 Å². The van der Waals surface area contributed by atoms with Gasteiger partial charge in [-0.1, -0.05) is 36.4 Å². The van der Waals surface area contributed by atoms with Crippen molar-refractivity contribution in [1.29, 1.82) is 0 Å². The number of piperazine rings is 1. The summed E-state index contributed by atoms with van der Waals surface area (Å²) in [6.07, 6.45) is 2.05. The molecule has 1 heterocycles. The van der Waals surface area contributed by atoms with E-state index in [4.69, 9.17) is 4.74 Å². The summed E-state index contributed by atoms with van der Waals surface area (Å²) in [4.78, 5) is 2.48. The molecule has 1 fully saturated rings. The number of nitrogens with one attached hydrogen (secondary N) is 1. The maximum Gasteiger partial charge on any atom is 0.125 e. The molecule has 3 heteroatoms. The Morgan fingerprint density at radius 3 is 2.73 bits per heavy atom. The van der Waals surface area contributed by atoms with Crippen LogP contribution >= 0.6 is 0 Å². The highest BCUT2D eigenvalue weighted by atomic mass is 16.5. The standard InChI is InChI=1S/C19H24N2O/c1-3-17(21-13-11-20-12-14-21)19-16-8-6-5-7-15(16)9-10-18(19)22-4-2/h3,5-10,17,20H,1,4,11-14H2,2H3/t17-/m1/s1. The van der Waals surface area contributed by atoms with Gasteiger partial charge < -0.3 is 10.1 Å². The third-order valence-electron chi connectivity index (χ3n) is 4.29. The Morgan fingerprint density at radius 1 is 1.23 bits per heavy atom. The van der Waals surface area contributed by atoms with Crippen LogP contribution in [0.4, 0.5) is 0 Å². The first-order valence-corrected chi connectivity index (χ1v) is 8.07. The molecule has 2 aromatic carbocycles. The van der Waals surface area contributed by atoms with E-state index in [1.165, 1.54) is 16.3 Å². The lowest BCUT2D eigenvalue weighted by Crippen LogP contribution is -2.44. The third kappa shape index (κ3) is 2.87. The van der Waals surface area contributed by atoms with Crippen molar-refractivity contribution in [2.45, 2.75) is 13.0 Å². The van der Waals surface area contributed by atoms with Crippen LogP contribution in [-0.4, -0.2) is 37.7 Å². The smallest absolute Gasteiger partial charge is 0.125 e. The van der Waals surface area contributed by atoms with Crippen LogP contribution in [0.3, 0.4) is 0 Å². The quantitative estimate of drug-likeness (QED) is 0.856. The SMILES string of the molecule is C=C[C@H](c1c(OCC)ccc2ccccc12)N1CCNCC1. The van der Waals surface area contributed by atoms with Crippen molar-refractivity contribution in [1.82, 2.24) is 10.2 Å². The first kappa shape index (κ1) is 15.1. The van der Waals surface area contributed by atoms with Gasteiger partial charge in [0.1, 0.15) is 5.75 Å². The molecule has 0 unspecified atom stereocenters. The predicted molar refractivity (Wildman–Crippen MR) is 92.5 cm³/mol. The number of benzene rings is 2. The van der Waals surface area contributed by atoms with Crippen LogP contribution in [0.25, 0.3) is 10.8 Å². The van der Waals surface area contributed by atoms with Gasteiger partial charge in [-0.3, -0.25) is 4.90 Å². The highest BCUT2D eigenvalue weighted by Crippen LogP contribution is 2.36. The van der Waals surface area contributed by atoms with E-state index in [1.807, 2.05) is 6.92 Å². The second-order valence-electron chi connectivity index (χ2n) is 5.60. The maximum atomic E-state index is 5.93. The molecule has 0 amide bonds. The molecular formula is C19H24N2O. The number of rotatable bonds is 5. The van der Waals surface area contributed by atoms with Crippen molar-refractivity contribution in [3.8, 4) is 5.75 Å². The molecule has 0 radical (unpaired) electrons. The van der Waals surface area contributed by atoms with Crippen molar-refractivity contribution >= 4 is 10.8 Å². The van der Waals surface area contributed by atoms with Gasteiger partial charge in [-0.15, -0.1) is 6.58 Å². The predicted octanol–water partition coefficient (Wildman–Crippen LogP) is 3.37. The normalized spacial score (nSPS) is 17.3. The molecule has 1 aliphatic heterocycles.